The van der Waals surface area contributed by atoms with Gasteiger partial charge in [-0.05, 0) is 41.1 Å². The number of hydrogen-bond donors (Lipinski definition) is 4. The van der Waals surface area contributed by atoms with Crippen molar-refractivity contribution in [1.82, 2.24) is 15.0 Å². The SMILES string of the molecule is CC(NC(=O)O)C(=O)Nn1ccc(Br)c1C(=O)Nc1cccc(C(F)(F)F)n1. The molecular weight excluding hydrogens is 451 g/mol. The molecule has 0 aliphatic heterocycles. The third-order valence-corrected chi connectivity index (χ3v) is 3.94. The standard InChI is InChI=1S/C15H13BrF3N5O4/c1-7(20-14(27)28)12(25)23-24-6-5-8(16)11(24)13(26)22-10-4-2-3-9(21-10)15(17,18)19/h2-7,20H,1H3,(H,23,25)(H,27,28)(H,21,22,26). The quantitative estimate of drug-likeness (QED) is 0.542. The molecule has 0 spiro atoms. The number of aromatic nitrogens is 2. The molecule has 0 saturated carbocycles. The highest BCUT2D eigenvalue weighted by atomic mass is 79.9. The van der Waals surface area contributed by atoms with E-state index in [0.717, 1.165) is 16.8 Å². The van der Waals surface area contributed by atoms with Crippen LogP contribution in [0.1, 0.15) is 23.1 Å². The van der Waals surface area contributed by atoms with Crippen molar-refractivity contribution in [3.8, 4) is 0 Å². The maximum atomic E-state index is 12.7. The normalized spacial score (nSPS) is 12.2. The number of carbonyl (C=O) groups is 3. The fourth-order valence-electron chi connectivity index (χ4n) is 2.02. The summed E-state index contributed by atoms with van der Waals surface area (Å²) in [5.41, 5.74) is 0.977. The van der Waals surface area contributed by atoms with Crippen LogP contribution in [0.2, 0.25) is 0 Å². The smallest absolute Gasteiger partial charge is 0.433 e. The van der Waals surface area contributed by atoms with Gasteiger partial charge >= 0.3 is 12.3 Å². The molecule has 4 N–H and O–H groups in total. The molecule has 0 aliphatic rings. The third-order valence-electron chi connectivity index (χ3n) is 3.30. The summed E-state index contributed by atoms with van der Waals surface area (Å²) in [6.07, 6.45) is -4.79. The van der Waals surface area contributed by atoms with E-state index in [4.69, 9.17) is 5.11 Å². The number of anilines is 1. The lowest BCUT2D eigenvalue weighted by atomic mass is 10.3. The summed E-state index contributed by atoms with van der Waals surface area (Å²) in [6, 6.07) is 3.29. The van der Waals surface area contributed by atoms with Crippen LogP contribution in [0.25, 0.3) is 0 Å². The number of amides is 3. The van der Waals surface area contributed by atoms with E-state index in [9.17, 15) is 27.6 Å². The Hall–Kier alpha value is -3.09. The van der Waals surface area contributed by atoms with E-state index in [1.54, 1.807) is 0 Å². The largest absolute Gasteiger partial charge is 0.465 e. The fourth-order valence-corrected chi connectivity index (χ4v) is 2.51. The summed E-state index contributed by atoms with van der Waals surface area (Å²) in [5, 5.41) is 12.8. The average Bonchev–Trinajstić information content (AvgIpc) is 2.94. The van der Waals surface area contributed by atoms with Gasteiger partial charge in [-0.2, -0.15) is 13.2 Å². The highest BCUT2D eigenvalue weighted by molar-refractivity contribution is 9.10. The summed E-state index contributed by atoms with van der Waals surface area (Å²) in [7, 11) is 0. The van der Waals surface area contributed by atoms with E-state index in [1.807, 2.05) is 5.32 Å². The number of alkyl halides is 3. The van der Waals surface area contributed by atoms with Crippen molar-refractivity contribution in [2.75, 3.05) is 10.7 Å². The molecule has 28 heavy (non-hydrogen) atoms. The first-order valence-corrected chi connectivity index (χ1v) is 8.31. The minimum atomic E-state index is -4.68. The minimum Gasteiger partial charge on any atom is -0.465 e. The van der Waals surface area contributed by atoms with E-state index in [1.165, 1.54) is 25.3 Å². The lowest BCUT2D eigenvalue weighted by Crippen LogP contribution is -2.43. The highest BCUT2D eigenvalue weighted by Gasteiger charge is 2.32. The number of hydrogen-bond acceptors (Lipinski definition) is 4. The molecular formula is C15H13BrF3N5O4. The van der Waals surface area contributed by atoms with Crippen LogP contribution in [0.5, 0.6) is 0 Å². The summed E-state index contributed by atoms with van der Waals surface area (Å²) < 4.78 is 39.4. The Bertz CT molecular complexity index is 915. The van der Waals surface area contributed by atoms with Crippen LogP contribution in [0.4, 0.5) is 23.8 Å². The number of carboxylic acid groups (broad SMARTS) is 1. The first kappa shape index (κ1) is 21.2. The summed E-state index contributed by atoms with van der Waals surface area (Å²) in [4.78, 5) is 38.4. The number of carbonyl (C=O) groups excluding carboxylic acids is 2. The van der Waals surface area contributed by atoms with Crippen molar-refractivity contribution < 1.29 is 32.7 Å². The summed E-state index contributed by atoms with van der Waals surface area (Å²) >= 11 is 3.10. The van der Waals surface area contributed by atoms with E-state index in [2.05, 4.69) is 31.7 Å². The van der Waals surface area contributed by atoms with Gasteiger partial charge in [-0.1, -0.05) is 6.07 Å². The molecule has 3 amide bonds. The molecule has 0 radical (unpaired) electrons. The number of halogens is 4. The summed E-state index contributed by atoms with van der Waals surface area (Å²) in [5.74, 6) is -1.97. The molecule has 2 heterocycles. The Morgan fingerprint density at radius 1 is 1.25 bits per heavy atom. The molecule has 2 aromatic heterocycles. The molecule has 2 rings (SSSR count). The zero-order valence-corrected chi connectivity index (χ0v) is 15.6. The van der Waals surface area contributed by atoms with Gasteiger partial charge in [-0.3, -0.25) is 19.7 Å². The van der Waals surface area contributed by atoms with Crippen LogP contribution in [0.15, 0.2) is 34.9 Å². The Balaban J connectivity index is 2.20. The lowest BCUT2D eigenvalue weighted by Gasteiger charge is -2.15. The molecule has 0 fully saturated rings. The zero-order chi connectivity index (χ0) is 21.1. The predicted octanol–water partition coefficient (Wildman–Crippen LogP) is 2.64. The van der Waals surface area contributed by atoms with Gasteiger partial charge in [0, 0.05) is 6.20 Å². The number of rotatable bonds is 5. The fraction of sp³-hybridized carbons (Fsp3) is 0.200. The Morgan fingerprint density at radius 2 is 1.93 bits per heavy atom. The van der Waals surface area contributed by atoms with Crippen molar-refractivity contribution in [1.29, 1.82) is 0 Å². The van der Waals surface area contributed by atoms with Crippen LogP contribution < -0.4 is 16.1 Å². The van der Waals surface area contributed by atoms with E-state index >= 15 is 0 Å². The van der Waals surface area contributed by atoms with Gasteiger partial charge in [0.2, 0.25) is 0 Å². The maximum absolute atomic E-state index is 12.7. The second kappa shape index (κ2) is 8.29. The first-order chi connectivity index (χ1) is 13.0. The van der Waals surface area contributed by atoms with Gasteiger partial charge in [0.25, 0.3) is 11.8 Å². The van der Waals surface area contributed by atoms with Crippen LogP contribution >= 0.6 is 15.9 Å². The lowest BCUT2D eigenvalue weighted by molar-refractivity contribution is -0.141. The topological polar surface area (TPSA) is 125 Å². The van der Waals surface area contributed by atoms with Gasteiger partial charge in [-0.15, -0.1) is 0 Å². The maximum Gasteiger partial charge on any atom is 0.433 e. The highest BCUT2D eigenvalue weighted by Crippen LogP contribution is 2.28. The molecule has 0 aliphatic carbocycles. The average molecular weight is 464 g/mol. The van der Waals surface area contributed by atoms with E-state index in [-0.39, 0.29) is 16.0 Å². The Morgan fingerprint density at radius 3 is 2.54 bits per heavy atom. The van der Waals surface area contributed by atoms with E-state index < -0.39 is 35.8 Å². The predicted molar refractivity (Wildman–Crippen MR) is 94.3 cm³/mol. The van der Waals surface area contributed by atoms with Crippen LogP contribution in [0, 0.1) is 0 Å². The third kappa shape index (κ3) is 5.22. The monoisotopic (exact) mass is 463 g/mol. The molecule has 0 aromatic carbocycles. The first-order valence-electron chi connectivity index (χ1n) is 7.52. The van der Waals surface area contributed by atoms with Crippen LogP contribution in [0.3, 0.4) is 0 Å². The Labute approximate surface area is 164 Å². The molecule has 2 aromatic rings. The second-order valence-corrected chi connectivity index (χ2v) is 6.24. The molecule has 1 atom stereocenters. The second-order valence-electron chi connectivity index (χ2n) is 5.39. The van der Waals surface area contributed by atoms with Crippen molar-refractivity contribution in [3.05, 3.63) is 46.3 Å². The Kier molecular flexibility index (Phi) is 6.28. The molecule has 13 heteroatoms. The van der Waals surface area contributed by atoms with Crippen molar-refractivity contribution in [2.45, 2.75) is 19.1 Å². The van der Waals surface area contributed by atoms with Crippen molar-refractivity contribution >= 4 is 39.7 Å². The van der Waals surface area contributed by atoms with Crippen molar-refractivity contribution in [2.24, 2.45) is 0 Å². The number of nitrogens with one attached hydrogen (secondary N) is 3. The summed E-state index contributed by atoms with van der Waals surface area (Å²) in [6.45, 7) is 1.29. The number of pyridine rings is 1. The number of nitrogens with zero attached hydrogens (tertiary/aromatic N) is 2. The van der Waals surface area contributed by atoms with Gasteiger partial charge in [-0.25, -0.2) is 9.78 Å². The zero-order valence-electron chi connectivity index (χ0n) is 14.0. The molecule has 1 unspecified atom stereocenters. The van der Waals surface area contributed by atoms with Gasteiger partial charge in [0.05, 0.1) is 4.47 Å². The van der Waals surface area contributed by atoms with Gasteiger partial charge in [0.1, 0.15) is 23.2 Å². The molecule has 9 nitrogen and oxygen atoms in total. The van der Waals surface area contributed by atoms with Gasteiger partial charge in [0.15, 0.2) is 0 Å². The van der Waals surface area contributed by atoms with Gasteiger partial charge < -0.3 is 15.7 Å². The minimum absolute atomic E-state index is 0.143. The molecule has 0 bridgehead atoms. The van der Waals surface area contributed by atoms with Crippen LogP contribution in [-0.4, -0.2) is 38.7 Å². The van der Waals surface area contributed by atoms with Crippen molar-refractivity contribution in [3.63, 3.8) is 0 Å². The van der Waals surface area contributed by atoms with E-state index in [0.29, 0.717) is 0 Å². The van der Waals surface area contributed by atoms with Crippen LogP contribution in [-0.2, 0) is 11.0 Å². The molecule has 0 saturated heterocycles. The molecule has 150 valence electrons.